The Labute approximate surface area is 171 Å². The van der Waals surface area contributed by atoms with Crippen molar-refractivity contribution in [1.82, 2.24) is 0 Å². The van der Waals surface area contributed by atoms with E-state index in [1.807, 2.05) is 13.0 Å². The highest BCUT2D eigenvalue weighted by Gasteiger charge is 2.18. The van der Waals surface area contributed by atoms with E-state index in [0.717, 1.165) is 0 Å². The normalized spacial score (nSPS) is 12.0. The third-order valence-electron chi connectivity index (χ3n) is 4.49. The lowest BCUT2D eigenvalue weighted by molar-refractivity contribution is 0.102. The maximum absolute atomic E-state index is 12.7. The van der Waals surface area contributed by atoms with Crippen molar-refractivity contribution >= 4 is 27.3 Å². The summed E-state index contributed by atoms with van der Waals surface area (Å²) >= 11 is 0. The van der Waals surface area contributed by atoms with Gasteiger partial charge < -0.3 is 5.32 Å². The van der Waals surface area contributed by atoms with Crippen molar-refractivity contribution in [1.29, 1.82) is 0 Å². The Balaban J connectivity index is 1.90. The molecule has 0 aliphatic rings. The summed E-state index contributed by atoms with van der Waals surface area (Å²) in [6.07, 6.45) is 1.72. The molecule has 148 valence electrons. The van der Waals surface area contributed by atoms with Gasteiger partial charge in [0.25, 0.3) is 15.9 Å². The van der Waals surface area contributed by atoms with Crippen LogP contribution < -0.4 is 10.0 Å². The second kappa shape index (κ2) is 8.75. The van der Waals surface area contributed by atoms with Gasteiger partial charge in [-0.1, -0.05) is 49.4 Å². The number of carbonyl (C=O) groups is 1. The summed E-state index contributed by atoms with van der Waals surface area (Å²) in [5, 5.41) is 2.85. The summed E-state index contributed by atoms with van der Waals surface area (Å²) < 4.78 is 28.1. The lowest BCUT2D eigenvalue weighted by atomic mass is 9.99. The Morgan fingerprint density at radius 2 is 1.59 bits per heavy atom. The van der Waals surface area contributed by atoms with Crippen LogP contribution in [0.3, 0.4) is 0 Å². The SMILES string of the molecule is C=CC(C)c1cc(NC(=O)c2ccccc2)ccc1NS(=O)(=O)c1ccccc1. The molecule has 3 aromatic rings. The zero-order valence-corrected chi connectivity index (χ0v) is 16.8. The second-order valence-electron chi connectivity index (χ2n) is 6.57. The molecule has 1 atom stereocenters. The van der Waals surface area contributed by atoms with Gasteiger partial charge in [-0.3, -0.25) is 9.52 Å². The van der Waals surface area contributed by atoms with Gasteiger partial charge in [0.1, 0.15) is 0 Å². The van der Waals surface area contributed by atoms with Crippen molar-refractivity contribution in [2.24, 2.45) is 0 Å². The van der Waals surface area contributed by atoms with Gasteiger partial charge in [0.15, 0.2) is 0 Å². The third kappa shape index (κ3) is 4.92. The van der Waals surface area contributed by atoms with Crippen molar-refractivity contribution < 1.29 is 13.2 Å². The fourth-order valence-electron chi connectivity index (χ4n) is 2.83. The van der Waals surface area contributed by atoms with Crippen LogP contribution in [0.2, 0.25) is 0 Å². The third-order valence-corrected chi connectivity index (χ3v) is 5.87. The number of nitrogens with one attached hydrogen (secondary N) is 2. The van der Waals surface area contributed by atoms with E-state index in [1.54, 1.807) is 66.7 Å². The van der Waals surface area contributed by atoms with Gasteiger partial charge >= 0.3 is 0 Å². The molecule has 0 saturated heterocycles. The summed E-state index contributed by atoms with van der Waals surface area (Å²) in [6.45, 7) is 5.71. The maximum atomic E-state index is 12.7. The Kier molecular flexibility index (Phi) is 6.14. The molecule has 29 heavy (non-hydrogen) atoms. The van der Waals surface area contributed by atoms with Crippen molar-refractivity contribution in [3.8, 4) is 0 Å². The van der Waals surface area contributed by atoms with Crippen LogP contribution in [0.4, 0.5) is 11.4 Å². The molecule has 0 aromatic heterocycles. The van der Waals surface area contributed by atoms with E-state index < -0.39 is 10.0 Å². The molecule has 0 bridgehead atoms. The van der Waals surface area contributed by atoms with Gasteiger partial charge in [0.05, 0.1) is 10.6 Å². The van der Waals surface area contributed by atoms with Crippen LogP contribution in [-0.2, 0) is 10.0 Å². The van der Waals surface area contributed by atoms with Gasteiger partial charge in [-0.05, 0) is 48.0 Å². The smallest absolute Gasteiger partial charge is 0.261 e. The highest BCUT2D eigenvalue weighted by Crippen LogP contribution is 2.30. The average molecular weight is 407 g/mol. The molecule has 0 saturated carbocycles. The minimum atomic E-state index is -3.73. The van der Waals surface area contributed by atoms with E-state index >= 15 is 0 Å². The first kappa shape index (κ1) is 20.4. The van der Waals surface area contributed by atoms with Gasteiger partial charge in [-0.2, -0.15) is 0 Å². The number of benzene rings is 3. The van der Waals surface area contributed by atoms with Crippen LogP contribution in [0.1, 0.15) is 28.8 Å². The Hall–Kier alpha value is -3.38. The molecule has 1 unspecified atom stereocenters. The van der Waals surface area contributed by atoms with Crippen molar-refractivity contribution in [2.75, 3.05) is 10.0 Å². The molecular formula is C23H22N2O3S. The average Bonchev–Trinajstić information content (AvgIpc) is 2.75. The number of hydrogen-bond donors (Lipinski definition) is 2. The fourth-order valence-corrected chi connectivity index (χ4v) is 3.94. The van der Waals surface area contributed by atoms with Crippen LogP contribution in [0, 0.1) is 0 Å². The number of anilines is 2. The first-order valence-electron chi connectivity index (χ1n) is 9.11. The van der Waals surface area contributed by atoms with Gasteiger partial charge in [0.2, 0.25) is 0 Å². The van der Waals surface area contributed by atoms with E-state index in [0.29, 0.717) is 22.5 Å². The Morgan fingerprint density at radius 1 is 0.966 bits per heavy atom. The zero-order chi connectivity index (χ0) is 20.9. The van der Waals surface area contributed by atoms with Crippen molar-refractivity contribution in [3.05, 3.63) is 103 Å². The highest BCUT2D eigenvalue weighted by molar-refractivity contribution is 7.92. The van der Waals surface area contributed by atoms with Crippen LogP contribution in [0.5, 0.6) is 0 Å². The number of rotatable bonds is 7. The van der Waals surface area contributed by atoms with Crippen molar-refractivity contribution in [2.45, 2.75) is 17.7 Å². The fraction of sp³-hybridized carbons (Fsp3) is 0.0870. The van der Waals surface area contributed by atoms with Gasteiger partial charge in [-0.25, -0.2) is 8.42 Å². The topological polar surface area (TPSA) is 75.3 Å². The quantitative estimate of drug-likeness (QED) is 0.541. The van der Waals surface area contributed by atoms with Gasteiger partial charge in [0, 0.05) is 17.2 Å². The summed E-state index contributed by atoms with van der Waals surface area (Å²) in [4.78, 5) is 12.6. The number of hydrogen-bond acceptors (Lipinski definition) is 3. The molecule has 1 amide bonds. The molecule has 0 aliphatic carbocycles. The zero-order valence-electron chi connectivity index (χ0n) is 16.0. The maximum Gasteiger partial charge on any atom is 0.261 e. The molecular weight excluding hydrogens is 384 g/mol. The van der Waals surface area contributed by atoms with Crippen molar-refractivity contribution in [3.63, 3.8) is 0 Å². The van der Waals surface area contributed by atoms with E-state index in [9.17, 15) is 13.2 Å². The second-order valence-corrected chi connectivity index (χ2v) is 8.25. The number of allylic oxidation sites excluding steroid dienone is 1. The first-order valence-corrected chi connectivity index (χ1v) is 10.6. The standard InChI is InChI=1S/C23H22N2O3S/c1-3-17(2)21-16-19(24-23(26)18-10-6-4-7-11-18)14-15-22(21)25-29(27,28)20-12-8-5-9-13-20/h3-17,25H,1H2,2H3,(H,24,26). The predicted molar refractivity (Wildman–Crippen MR) is 117 cm³/mol. The Bertz CT molecular complexity index is 1110. The summed E-state index contributed by atoms with van der Waals surface area (Å²) in [5.41, 5.74) is 2.27. The minimum Gasteiger partial charge on any atom is -0.322 e. The molecule has 0 radical (unpaired) electrons. The first-order chi connectivity index (χ1) is 13.9. The predicted octanol–water partition coefficient (Wildman–Crippen LogP) is 5.03. The van der Waals surface area contributed by atoms with Crippen LogP contribution in [0.25, 0.3) is 0 Å². The molecule has 0 aliphatic heterocycles. The minimum absolute atomic E-state index is 0.128. The Morgan fingerprint density at radius 3 is 2.21 bits per heavy atom. The lowest BCUT2D eigenvalue weighted by Gasteiger charge is -2.17. The summed E-state index contributed by atoms with van der Waals surface area (Å²) in [5.74, 6) is -0.363. The molecule has 0 fully saturated rings. The van der Waals surface area contributed by atoms with E-state index in [4.69, 9.17) is 0 Å². The monoisotopic (exact) mass is 406 g/mol. The van der Waals surface area contributed by atoms with E-state index in [-0.39, 0.29) is 16.7 Å². The largest absolute Gasteiger partial charge is 0.322 e. The molecule has 3 rings (SSSR count). The van der Waals surface area contributed by atoms with E-state index in [2.05, 4.69) is 16.6 Å². The van der Waals surface area contributed by atoms with Crippen LogP contribution in [-0.4, -0.2) is 14.3 Å². The van der Waals surface area contributed by atoms with Gasteiger partial charge in [-0.15, -0.1) is 6.58 Å². The number of carbonyl (C=O) groups excluding carboxylic acids is 1. The highest BCUT2D eigenvalue weighted by atomic mass is 32.2. The molecule has 3 aromatic carbocycles. The molecule has 6 heteroatoms. The summed E-state index contributed by atoms with van der Waals surface area (Å²) in [7, 11) is -3.73. The number of sulfonamides is 1. The van der Waals surface area contributed by atoms with Crippen LogP contribution in [0.15, 0.2) is 96.4 Å². The summed E-state index contributed by atoms with van der Waals surface area (Å²) in [6, 6.07) is 22.1. The van der Waals surface area contributed by atoms with E-state index in [1.165, 1.54) is 12.1 Å². The van der Waals surface area contributed by atoms with Crippen LogP contribution >= 0.6 is 0 Å². The molecule has 5 nitrogen and oxygen atoms in total. The molecule has 0 spiro atoms. The number of amides is 1. The lowest BCUT2D eigenvalue weighted by Crippen LogP contribution is -2.16. The molecule has 0 heterocycles. The molecule has 2 N–H and O–H groups in total.